The van der Waals surface area contributed by atoms with E-state index in [1.807, 2.05) is 0 Å². The van der Waals surface area contributed by atoms with Crippen LogP contribution in [-0.2, 0) is 21.3 Å². The van der Waals surface area contributed by atoms with Gasteiger partial charge in [-0.05, 0) is 36.2 Å². The first-order valence-corrected chi connectivity index (χ1v) is 11.7. The summed E-state index contributed by atoms with van der Waals surface area (Å²) in [6, 6.07) is 12.7. The predicted molar refractivity (Wildman–Crippen MR) is 116 cm³/mol. The Morgan fingerprint density at radius 2 is 1.88 bits per heavy atom. The van der Waals surface area contributed by atoms with Gasteiger partial charge in [-0.3, -0.25) is 4.31 Å². The lowest BCUT2D eigenvalue weighted by Crippen LogP contribution is -2.24. The number of benzene rings is 2. The Kier molecular flexibility index (Phi) is 5.99. The highest BCUT2D eigenvalue weighted by Crippen LogP contribution is 2.37. The smallest absolute Gasteiger partial charge is 0.406 e. The van der Waals surface area contributed by atoms with Crippen LogP contribution in [0.15, 0.2) is 42.5 Å². The van der Waals surface area contributed by atoms with E-state index >= 15 is 0 Å². The molecule has 174 valence electrons. The maximum absolute atomic E-state index is 12.7. The highest BCUT2D eigenvalue weighted by atomic mass is 32.2. The minimum absolute atomic E-state index is 0.0981. The number of nitriles is 1. The van der Waals surface area contributed by atoms with Crippen LogP contribution in [0.2, 0.25) is 0 Å². The van der Waals surface area contributed by atoms with Crippen molar-refractivity contribution in [3.63, 3.8) is 0 Å². The van der Waals surface area contributed by atoms with Crippen molar-refractivity contribution in [1.82, 2.24) is 4.57 Å². The summed E-state index contributed by atoms with van der Waals surface area (Å²) in [6.07, 6.45) is -4.29. The van der Waals surface area contributed by atoms with Gasteiger partial charge in [-0.15, -0.1) is 13.2 Å². The van der Waals surface area contributed by atoms with Gasteiger partial charge >= 0.3 is 6.36 Å². The Hall–Kier alpha value is -3.23. The van der Waals surface area contributed by atoms with Crippen molar-refractivity contribution in [2.24, 2.45) is 0 Å². The Bertz CT molecular complexity index is 1330. The molecule has 2 aromatic carbocycles. The van der Waals surface area contributed by atoms with Crippen LogP contribution in [0.25, 0.3) is 22.2 Å². The van der Waals surface area contributed by atoms with Crippen LogP contribution in [0.1, 0.15) is 12.0 Å². The van der Waals surface area contributed by atoms with Gasteiger partial charge in [-0.2, -0.15) is 5.26 Å². The van der Waals surface area contributed by atoms with Crippen LogP contribution in [-0.4, -0.2) is 45.4 Å². The summed E-state index contributed by atoms with van der Waals surface area (Å²) >= 11 is 0. The van der Waals surface area contributed by atoms with Crippen LogP contribution in [0.5, 0.6) is 5.75 Å². The highest BCUT2D eigenvalue weighted by Gasteiger charge is 2.32. The number of alkyl halides is 3. The van der Waals surface area contributed by atoms with Crippen LogP contribution in [0.3, 0.4) is 0 Å². The molecule has 0 aliphatic carbocycles. The molecule has 3 aromatic rings. The van der Waals surface area contributed by atoms with Crippen molar-refractivity contribution >= 4 is 26.6 Å². The SMILES string of the molecule is COCCn1c(-c2ccc(N3CCCS3(=O)=O)cc2)c(C#N)c2ccc(OC(F)(F)F)cc21. The van der Waals surface area contributed by atoms with E-state index in [1.165, 1.54) is 29.6 Å². The summed E-state index contributed by atoms with van der Waals surface area (Å²) in [6.45, 7) is 0.944. The number of fused-ring (bicyclic) bond motifs is 1. The summed E-state index contributed by atoms with van der Waals surface area (Å²) in [4.78, 5) is 0. The van der Waals surface area contributed by atoms with Crippen LogP contribution in [0.4, 0.5) is 18.9 Å². The molecule has 0 unspecified atom stereocenters. The third kappa shape index (κ3) is 4.49. The monoisotopic (exact) mass is 479 g/mol. The van der Waals surface area contributed by atoms with Crippen molar-refractivity contribution in [2.45, 2.75) is 19.3 Å². The van der Waals surface area contributed by atoms with Gasteiger partial charge in [0, 0.05) is 31.7 Å². The molecule has 2 heterocycles. The first kappa shape index (κ1) is 22.9. The van der Waals surface area contributed by atoms with Crippen LogP contribution >= 0.6 is 0 Å². The molecule has 11 heteroatoms. The minimum Gasteiger partial charge on any atom is -0.406 e. The molecular formula is C22H20F3N3O4S. The average Bonchev–Trinajstić information content (AvgIpc) is 3.27. The molecule has 0 spiro atoms. The molecule has 0 saturated carbocycles. The standard InChI is InChI=1S/C22H20F3N3O4S/c1-31-11-10-27-20-13-17(32-22(23,24)25)7-8-18(20)19(14-26)21(27)15-3-5-16(6-4-15)28-9-2-12-33(28,29)30/h3-8,13H,2,9-12H2,1H3. The van der Waals surface area contributed by atoms with E-state index in [0.717, 1.165) is 0 Å². The predicted octanol–water partition coefficient (Wildman–Crippen LogP) is 4.26. The van der Waals surface area contributed by atoms with E-state index in [2.05, 4.69) is 10.8 Å². The van der Waals surface area contributed by atoms with Gasteiger partial charge in [0.15, 0.2) is 0 Å². The molecule has 0 radical (unpaired) electrons. The van der Waals surface area contributed by atoms with E-state index in [9.17, 15) is 26.9 Å². The molecule has 0 amide bonds. The van der Waals surface area contributed by atoms with Crippen molar-refractivity contribution in [1.29, 1.82) is 5.26 Å². The topological polar surface area (TPSA) is 84.6 Å². The minimum atomic E-state index is -4.84. The average molecular weight is 479 g/mol. The Balaban J connectivity index is 1.84. The molecule has 0 bridgehead atoms. The zero-order chi connectivity index (χ0) is 23.8. The van der Waals surface area contributed by atoms with Crippen molar-refractivity contribution < 1.29 is 31.1 Å². The van der Waals surface area contributed by atoms with Gasteiger partial charge in [0.05, 0.1) is 34.8 Å². The van der Waals surface area contributed by atoms with Gasteiger partial charge in [0.1, 0.15) is 11.8 Å². The molecule has 1 aromatic heterocycles. The largest absolute Gasteiger partial charge is 0.573 e. The van der Waals surface area contributed by atoms with Crippen molar-refractivity contribution in [3.8, 4) is 23.1 Å². The molecule has 1 aliphatic rings. The van der Waals surface area contributed by atoms with Crippen molar-refractivity contribution in [2.75, 3.05) is 30.3 Å². The Morgan fingerprint density at radius 1 is 1.15 bits per heavy atom. The third-order valence-corrected chi connectivity index (χ3v) is 7.30. The number of aromatic nitrogens is 1. The molecule has 1 fully saturated rings. The molecular weight excluding hydrogens is 459 g/mol. The normalized spacial score (nSPS) is 15.7. The highest BCUT2D eigenvalue weighted by molar-refractivity contribution is 7.93. The van der Waals surface area contributed by atoms with Gasteiger partial charge < -0.3 is 14.0 Å². The second-order valence-corrected chi connectivity index (χ2v) is 9.51. The molecule has 7 nitrogen and oxygen atoms in total. The summed E-state index contributed by atoms with van der Waals surface area (Å²) in [5.74, 6) is -0.294. The first-order chi connectivity index (χ1) is 15.6. The number of sulfonamides is 1. The second-order valence-electron chi connectivity index (χ2n) is 7.50. The summed E-state index contributed by atoms with van der Waals surface area (Å²) in [5.41, 5.74) is 2.34. The van der Waals surface area contributed by atoms with E-state index in [4.69, 9.17) is 4.74 Å². The van der Waals surface area contributed by atoms with Crippen molar-refractivity contribution in [3.05, 3.63) is 48.0 Å². The first-order valence-electron chi connectivity index (χ1n) is 10.1. The number of ether oxygens (including phenoxy) is 2. The third-order valence-electron chi connectivity index (χ3n) is 5.43. The molecule has 1 saturated heterocycles. The zero-order valence-electron chi connectivity index (χ0n) is 17.6. The number of rotatable bonds is 6. The van der Waals surface area contributed by atoms with Gasteiger partial charge in [0.25, 0.3) is 0 Å². The number of hydrogen-bond acceptors (Lipinski definition) is 5. The fraction of sp³-hybridized carbons (Fsp3) is 0.318. The Labute approximate surface area is 188 Å². The second kappa shape index (κ2) is 8.61. The quantitative estimate of drug-likeness (QED) is 0.527. The lowest BCUT2D eigenvalue weighted by atomic mass is 10.1. The van der Waals surface area contributed by atoms with Crippen LogP contribution < -0.4 is 9.04 Å². The molecule has 4 rings (SSSR count). The fourth-order valence-electron chi connectivity index (χ4n) is 4.07. The Morgan fingerprint density at radius 3 is 2.45 bits per heavy atom. The molecule has 33 heavy (non-hydrogen) atoms. The number of hydrogen-bond donors (Lipinski definition) is 0. The maximum atomic E-state index is 12.7. The summed E-state index contributed by atoms with van der Waals surface area (Å²) in [7, 11) is -1.84. The van der Waals surface area contributed by atoms with E-state index < -0.39 is 22.1 Å². The van der Waals surface area contributed by atoms with E-state index in [0.29, 0.717) is 46.4 Å². The molecule has 1 aliphatic heterocycles. The number of halogens is 3. The zero-order valence-corrected chi connectivity index (χ0v) is 18.4. The fourth-order valence-corrected chi connectivity index (χ4v) is 5.63. The number of nitrogens with zero attached hydrogens (tertiary/aromatic N) is 3. The van der Waals surface area contributed by atoms with Gasteiger partial charge in [0.2, 0.25) is 10.0 Å². The molecule has 0 N–H and O–H groups in total. The number of anilines is 1. The van der Waals surface area contributed by atoms with Crippen LogP contribution in [0, 0.1) is 11.3 Å². The molecule has 0 atom stereocenters. The summed E-state index contributed by atoms with van der Waals surface area (Å²) in [5, 5.41) is 10.4. The lowest BCUT2D eigenvalue weighted by molar-refractivity contribution is -0.274. The lowest BCUT2D eigenvalue weighted by Gasteiger charge is -2.17. The maximum Gasteiger partial charge on any atom is 0.573 e. The van der Waals surface area contributed by atoms with E-state index in [-0.39, 0.29) is 18.9 Å². The van der Waals surface area contributed by atoms with Gasteiger partial charge in [-0.25, -0.2) is 8.42 Å². The van der Waals surface area contributed by atoms with E-state index in [1.54, 1.807) is 28.8 Å². The summed E-state index contributed by atoms with van der Waals surface area (Å²) < 4.78 is 74.9. The van der Waals surface area contributed by atoms with Gasteiger partial charge in [-0.1, -0.05) is 12.1 Å². The number of methoxy groups -OCH3 is 1.